The summed E-state index contributed by atoms with van der Waals surface area (Å²) in [5.74, 6) is 1.74. The molecule has 4 atom stereocenters. The molecular formula is C18H25NS. The van der Waals surface area contributed by atoms with Gasteiger partial charge in [-0.1, -0.05) is 38.5 Å². The highest BCUT2D eigenvalue weighted by molar-refractivity contribution is 7.19. The summed E-state index contributed by atoms with van der Waals surface area (Å²) in [5.41, 5.74) is 0. The van der Waals surface area contributed by atoms with Gasteiger partial charge in [-0.2, -0.15) is 0 Å². The van der Waals surface area contributed by atoms with Crippen LogP contribution in [0.2, 0.25) is 0 Å². The summed E-state index contributed by atoms with van der Waals surface area (Å²) in [6, 6.07) is 12.2. The van der Waals surface area contributed by atoms with Crippen molar-refractivity contribution in [2.75, 3.05) is 0 Å². The molecule has 1 nitrogen and oxygen atoms in total. The van der Waals surface area contributed by atoms with E-state index in [9.17, 15) is 0 Å². The van der Waals surface area contributed by atoms with Crippen molar-refractivity contribution >= 4 is 21.4 Å². The molecule has 0 spiro atoms. The highest BCUT2D eigenvalue weighted by Gasteiger charge is 2.32. The van der Waals surface area contributed by atoms with Gasteiger partial charge < -0.3 is 5.32 Å². The maximum absolute atomic E-state index is 3.88. The molecule has 1 saturated carbocycles. The zero-order chi connectivity index (χ0) is 14.1. The number of benzene rings is 1. The molecule has 20 heavy (non-hydrogen) atoms. The van der Waals surface area contributed by atoms with Crippen LogP contribution in [0.15, 0.2) is 30.3 Å². The van der Waals surface area contributed by atoms with Crippen LogP contribution < -0.4 is 5.32 Å². The Balaban J connectivity index is 1.71. The summed E-state index contributed by atoms with van der Waals surface area (Å²) in [6.07, 6.45) is 4.07. The fraction of sp³-hybridized carbons (Fsp3) is 0.556. The Morgan fingerprint density at radius 3 is 2.80 bits per heavy atom. The molecule has 1 aromatic heterocycles. The molecule has 0 aliphatic heterocycles. The van der Waals surface area contributed by atoms with Gasteiger partial charge >= 0.3 is 0 Å². The molecule has 0 saturated heterocycles. The predicted octanol–water partition coefficient (Wildman–Crippen LogP) is 5.38. The highest BCUT2D eigenvalue weighted by atomic mass is 32.1. The van der Waals surface area contributed by atoms with Crippen molar-refractivity contribution in [1.82, 2.24) is 5.32 Å². The predicted molar refractivity (Wildman–Crippen MR) is 89.3 cm³/mol. The summed E-state index contributed by atoms with van der Waals surface area (Å²) in [5, 5.41) is 5.26. The first kappa shape index (κ1) is 14.1. The van der Waals surface area contributed by atoms with Crippen molar-refractivity contribution in [2.45, 2.75) is 52.1 Å². The number of hydrogen-bond donors (Lipinski definition) is 1. The van der Waals surface area contributed by atoms with Crippen LogP contribution in [0.25, 0.3) is 10.1 Å². The number of nitrogens with one attached hydrogen (secondary N) is 1. The average molecular weight is 287 g/mol. The third-order valence-electron chi connectivity index (χ3n) is 5.09. The van der Waals surface area contributed by atoms with Gasteiger partial charge in [0.1, 0.15) is 0 Å². The van der Waals surface area contributed by atoms with Crippen molar-refractivity contribution in [2.24, 2.45) is 11.8 Å². The van der Waals surface area contributed by atoms with E-state index in [4.69, 9.17) is 0 Å². The topological polar surface area (TPSA) is 12.0 Å². The van der Waals surface area contributed by atoms with E-state index < -0.39 is 0 Å². The Morgan fingerprint density at radius 2 is 2.10 bits per heavy atom. The molecule has 0 radical (unpaired) electrons. The molecule has 0 amide bonds. The van der Waals surface area contributed by atoms with Crippen LogP contribution in [0.5, 0.6) is 0 Å². The number of thiophene rings is 1. The van der Waals surface area contributed by atoms with Gasteiger partial charge in [-0.15, -0.1) is 11.3 Å². The zero-order valence-electron chi connectivity index (χ0n) is 12.7. The smallest absolute Gasteiger partial charge is 0.0388 e. The molecule has 1 aromatic carbocycles. The van der Waals surface area contributed by atoms with E-state index in [1.807, 2.05) is 11.3 Å². The molecule has 0 bridgehead atoms. The second kappa shape index (κ2) is 5.87. The summed E-state index contributed by atoms with van der Waals surface area (Å²) in [6.45, 7) is 7.08. The Bertz CT molecular complexity index is 541. The van der Waals surface area contributed by atoms with E-state index in [-0.39, 0.29) is 0 Å². The lowest BCUT2D eigenvalue weighted by atomic mass is 9.93. The molecule has 2 heteroatoms. The van der Waals surface area contributed by atoms with Gasteiger partial charge in [0, 0.05) is 21.7 Å². The second-order valence-electron chi connectivity index (χ2n) is 6.29. The SMILES string of the molecule is CCC1CCC(NC(C)c2cc3ccccc3s2)C1C. The third kappa shape index (κ3) is 2.64. The minimum Gasteiger partial charge on any atom is -0.306 e. The third-order valence-corrected chi connectivity index (χ3v) is 6.39. The largest absolute Gasteiger partial charge is 0.306 e. The van der Waals surface area contributed by atoms with Crippen molar-refractivity contribution in [3.63, 3.8) is 0 Å². The summed E-state index contributed by atoms with van der Waals surface area (Å²) in [7, 11) is 0. The van der Waals surface area contributed by atoms with Gasteiger partial charge in [-0.25, -0.2) is 0 Å². The summed E-state index contributed by atoms with van der Waals surface area (Å²) in [4.78, 5) is 1.47. The van der Waals surface area contributed by atoms with Gasteiger partial charge in [-0.05, 0) is 49.1 Å². The fourth-order valence-electron chi connectivity index (χ4n) is 3.68. The maximum atomic E-state index is 3.88. The van der Waals surface area contributed by atoms with Crippen LogP contribution in [-0.4, -0.2) is 6.04 Å². The van der Waals surface area contributed by atoms with E-state index in [0.29, 0.717) is 12.1 Å². The lowest BCUT2D eigenvalue weighted by Crippen LogP contribution is -2.34. The normalized spacial score (nSPS) is 28.1. The lowest BCUT2D eigenvalue weighted by molar-refractivity contribution is 0.328. The molecule has 4 unspecified atom stereocenters. The molecule has 1 fully saturated rings. The van der Waals surface area contributed by atoms with Crippen LogP contribution in [-0.2, 0) is 0 Å². The Morgan fingerprint density at radius 1 is 1.30 bits per heavy atom. The number of rotatable bonds is 4. The van der Waals surface area contributed by atoms with E-state index in [1.165, 1.54) is 34.2 Å². The van der Waals surface area contributed by atoms with E-state index >= 15 is 0 Å². The second-order valence-corrected chi connectivity index (χ2v) is 7.40. The molecule has 1 aliphatic rings. The van der Waals surface area contributed by atoms with Crippen molar-refractivity contribution < 1.29 is 0 Å². The molecule has 3 rings (SSSR count). The first-order valence-electron chi connectivity index (χ1n) is 7.93. The van der Waals surface area contributed by atoms with Crippen molar-refractivity contribution in [3.8, 4) is 0 Å². The maximum Gasteiger partial charge on any atom is 0.0388 e. The van der Waals surface area contributed by atoms with Gasteiger partial charge in [0.05, 0.1) is 0 Å². The van der Waals surface area contributed by atoms with Crippen LogP contribution in [0.1, 0.15) is 51.0 Å². The van der Waals surface area contributed by atoms with Gasteiger partial charge in [0.2, 0.25) is 0 Å². The minimum absolute atomic E-state index is 0.468. The summed E-state index contributed by atoms with van der Waals surface area (Å²) < 4.78 is 1.40. The molecular weight excluding hydrogens is 262 g/mol. The first-order valence-corrected chi connectivity index (χ1v) is 8.75. The van der Waals surface area contributed by atoms with Crippen LogP contribution >= 0.6 is 11.3 Å². The van der Waals surface area contributed by atoms with Crippen molar-refractivity contribution in [1.29, 1.82) is 0 Å². The standard InChI is InChI=1S/C18H25NS/c1-4-14-9-10-16(12(14)2)19-13(3)18-11-15-7-5-6-8-17(15)20-18/h5-8,11-14,16,19H,4,9-10H2,1-3H3. The number of hydrogen-bond acceptors (Lipinski definition) is 2. The Hall–Kier alpha value is -0.860. The highest BCUT2D eigenvalue weighted by Crippen LogP contribution is 2.36. The van der Waals surface area contributed by atoms with Gasteiger partial charge in [0.15, 0.2) is 0 Å². The fourth-order valence-corrected chi connectivity index (χ4v) is 4.75. The molecule has 108 valence electrons. The number of fused-ring (bicyclic) bond motifs is 1. The van der Waals surface area contributed by atoms with E-state index in [2.05, 4.69) is 56.4 Å². The van der Waals surface area contributed by atoms with Gasteiger partial charge in [0.25, 0.3) is 0 Å². The van der Waals surface area contributed by atoms with Crippen LogP contribution in [0, 0.1) is 11.8 Å². The van der Waals surface area contributed by atoms with E-state index in [0.717, 1.165) is 11.8 Å². The quantitative estimate of drug-likeness (QED) is 0.796. The Kier molecular flexibility index (Phi) is 4.13. The molecule has 1 heterocycles. The molecule has 1 aliphatic carbocycles. The molecule has 1 N–H and O–H groups in total. The van der Waals surface area contributed by atoms with Crippen LogP contribution in [0.3, 0.4) is 0 Å². The first-order chi connectivity index (χ1) is 9.69. The van der Waals surface area contributed by atoms with Crippen LogP contribution in [0.4, 0.5) is 0 Å². The average Bonchev–Trinajstić information content (AvgIpc) is 3.03. The van der Waals surface area contributed by atoms with E-state index in [1.54, 1.807) is 0 Å². The monoisotopic (exact) mass is 287 g/mol. The summed E-state index contributed by atoms with van der Waals surface area (Å²) >= 11 is 1.93. The van der Waals surface area contributed by atoms with Gasteiger partial charge in [-0.3, -0.25) is 0 Å². The zero-order valence-corrected chi connectivity index (χ0v) is 13.5. The Labute approximate surface area is 126 Å². The molecule has 2 aromatic rings. The van der Waals surface area contributed by atoms with Crippen molar-refractivity contribution in [3.05, 3.63) is 35.2 Å². The minimum atomic E-state index is 0.468. The lowest BCUT2D eigenvalue weighted by Gasteiger charge is -2.24.